The number of allylic oxidation sites excluding steroid dienone is 2. The predicted octanol–water partition coefficient (Wildman–Crippen LogP) is 1.76. The molecule has 1 fully saturated rings. The Labute approximate surface area is 168 Å². The summed E-state index contributed by atoms with van der Waals surface area (Å²) in [5, 5.41) is 11.1. The number of Topliss-reactive ketones (excluding diaryl/α,β-unsaturated/α-hetero) is 1. The Morgan fingerprint density at radius 2 is 1.76 bits per heavy atom. The average Bonchev–Trinajstić information content (AvgIpc) is 2.58. The van der Waals surface area contributed by atoms with Gasteiger partial charge in [0.1, 0.15) is 6.17 Å². The molecule has 1 aliphatic carbocycles. The van der Waals surface area contributed by atoms with Crippen molar-refractivity contribution in [2.45, 2.75) is 45.7 Å². The SMILES string of the molecule is CC(=O)Nc1ccc(C2C3=C(CC(C)(C)CC3=O)NC3NC(=O)NC(=O)C32)cc1. The highest BCUT2D eigenvalue weighted by Crippen LogP contribution is 2.47. The second-order valence-electron chi connectivity index (χ2n) is 8.72. The van der Waals surface area contributed by atoms with Gasteiger partial charge in [0.15, 0.2) is 5.78 Å². The number of anilines is 1. The molecule has 0 aromatic heterocycles. The lowest BCUT2D eigenvalue weighted by Gasteiger charge is -2.46. The van der Waals surface area contributed by atoms with Crippen LogP contribution >= 0.6 is 0 Å². The van der Waals surface area contributed by atoms with Crippen LogP contribution in [-0.4, -0.2) is 29.8 Å². The number of rotatable bonds is 2. The van der Waals surface area contributed by atoms with Crippen LogP contribution in [0.1, 0.15) is 45.1 Å². The van der Waals surface area contributed by atoms with Gasteiger partial charge in [0.25, 0.3) is 0 Å². The van der Waals surface area contributed by atoms with Crippen LogP contribution < -0.4 is 21.3 Å². The highest BCUT2D eigenvalue weighted by atomic mass is 16.2. The zero-order chi connectivity index (χ0) is 20.9. The minimum absolute atomic E-state index is 0.0165. The van der Waals surface area contributed by atoms with E-state index in [1.165, 1.54) is 6.92 Å². The molecule has 3 aliphatic rings. The maximum Gasteiger partial charge on any atom is 0.323 e. The van der Waals surface area contributed by atoms with Crippen molar-refractivity contribution in [2.75, 3.05) is 5.32 Å². The molecule has 1 saturated heterocycles. The van der Waals surface area contributed by atoms with Crippen LogP contribution in [0.4, 0.5) is 10.5 Å². The summed E-state index contributed by atoms with van der Waals surface area (Å²) >= 11 is 0. The first-order chi connectivity index (χ1) is 13.6. The Morgan fingerprint density at radius 3 is 2.41 bits per heavy atom. The number of amides is 4. The van der Waals surface area contributed by atoms with E-state index in [9.17, 15) is 19.2 Å². The van der Waals surface area contributed by atoms with E-state index in [1.54, 1.807) is 12.1 Å². The van der Waals surface area contributed by atoms with E-state index in [2.05, 4.69) is 21.3 Å². The van der Waals surface area contributed by atoms with Gasteiger partial charge in [-0.25, -0.2) is 4.79 Å². The van der Waals surface area contributed by atoms with Crippen LogP contribution in [0.5, 0.6) is 0 Å². The minimum Gasteiger partial charge on any atom is -0.368 e. The molecular formula is C21H24N4O4. The first kappa shape index (κ1) is 19.2. The molecule has 0 radical (unpaired) electrons. The van der Waals surface area contributed by atoms with Gasteiger partial charge in [-0.2, -0.15) is 0 Å². The van der Waals surface area contributed by atoms with Gasteiger partial charge in [-0.15, -0.1) is 0 Å². The lowest BCUT2D eigenvalue weighted by molar-refractivity contribution is -0.127. The number of carbonyl (C=O) groups is 4. The first-order valence-corrected chi connectivity index (χ1v) is 9.66. The van der Waals surface area contributed by atoms with Crippen LogP contribution in [0.25, 0.3) is 0 Å². The van der Waals surface area contributed by atoms with E-state index < -0.39 is 29.9 Å². The largest absolute Gasteiger partial charge is 0.368 e. The molecule has 0 saturated carbocycles. The molecule has 4 amide bonds. The van der Waals surface area contributed by atoms with E-state index in [4.69, 9.17) is 0 Å². The van der Waals surface area contributed by atoms with Crippen molar-refractivity contribution >= 4 is 29.3 Å². The lowest BCUT2D eigenvalue weighted by Crippen LogP contribution is -2.66. The molecule has 8 nitrogen and oxygen atoms in total. The highest BCUT2D eigenvalue weighted by molar-refractivity contribution is 6.04. The Morgan fingerprint density at radius 1 is 1.07 bits per heavy atom. The van der Waals surface area contributed by atoms with E-state index in [0.717, 1.165) is 11.3 Å². The highest BCUT2D eigenvalue weighted by Gasteiger charge is 2.50. The van der Waals surface area contributed by atoms with Crippen molar-refractivity contribution in [3.63, 3.8) is 0 Å². The summed E-state index contributed by atoms with van der Waals surface area (Å²) in [4.78, 5) is 49.0. The van der Waals surface area contributed by atoms with Crippen LogP contribution in [0, 0.1) is 11.3 Å². The van der Waals surface area contributed by atoms with Crippen LogP contribution in [0.3, 0.4) is 0 Å². The third-order valence-corrected chi connectivity index (χ3v) is 5.70. The zero-order valence-electron chi connectivity index (χ0n) is 16.6. The molecule has 8 heteroatoms. The smallest absolute Gasteiger partial charge is 0.323 e. The molecule has 2 aliphatic heterocycles. The van der Waals surface area contributed by atoms with E-state index in [0.29, 0.717) is 24.1 Å². The molecule has 2 heterocycles. The Bertz CT molecular complexity index is 948. The van der Waals surface area contributed by atoms with Crippen LogP contribution in [0.15, 0.2) is 35.5 Å². The normalized spacial score (nSPS) is 27.8. The summed E-state index contributed by atoms with van der Waals surface area (Å²) in [6.45, 7) is 5.50. The van der Waals surface area contributed by atoms with Gasteiger partial charge in [0, 0.05) is 36.2 Å². The molecule has 1 aromatic rings. The number of imide groups is 1. The quantitative estimate of drug-likeness (QED) is 0.608. The second kappa shape index (κ2) is 6.72. The topological polar surface area (TPSA) is 116 Å². The fourth-order valence-corrected chi connectivity index (χ4v) is 4.63. The van der Waals surface area contributed by atoms with Gasteiger partial charge < -0.3 is 16.0 Å². The van der Waals surface area contributed by atoms with Gasteiger partial charge in [0.2, 0.25) is 11.8 Å². The minimum atomic E-state index is -0.650. The van der Waals surface area contributed by atoms with Gasteiger partial charge in [-0.3, -0.25) is 19.7 Å². The molecule has 3 atom stereocenters. The van der Waals surface area contributed by atoms with Crippen molar-refractivity contribution in [2.24, 2.45) is 11.3 Å². The number of fused-ring (bicyclic) bond motifs is 1. The first-order valence-electron chi connectivity index (χ1n) is 9.66. The fraction of sp³-hybridized carbons (Fsp3) is 0.429. The predicted molar refractivity (Wildman–Crippen MR) is 106 cm³/mol. The van der Waals surface area contributed by atoms with Crippen molar-refractivity contribution < 1.29 is 19.2 Å². The van der Waals surface area contributed by atoms with E-state index in [1.807, 2.05) is 26.0 Å². The third-order valence-electron chi connectivity index (χ3n) is 5.70. The van der Waals surface area contributed by atoms with E-state index in [-0.39, 0.29) is 17.1 Å². The molecular weight excluding hydrogens is 372 g/mol. The molecule has 152 valence electrons. The maximum absolute atomic E-state index is 13.1. The van der Waals surface area contributed by atoms with Gasteiger partial charge in [0.05, 0.1) is 5.92 Å². The fourth-order valence-electron chi connectivity index (χ4n) is 4.63. The van der Waals surface area contributed by atoms with Gasteiger partial charge >= 0.3 is 6.03 Å². The monoisotopic (exact) mass is 396 g/mol. The van der Waals surface area contributed by atoms with Gasteiger partial charge in [-0.1, -0.05) is 26.0 Å². The number of benzene rings is 1. The molecule has 0 bridgehead atoms. The molecule has 3 unspecified atom stereocenters. The lowest BCUT2D eigenvalue weighted by atomic mass is 9.66. The Balaban J connectivity index is 1.80. The molecule has 4 rings (SSSR count). The summed E-state index contributed by atoms with van der Waals surface area (Å²) in [6.07, 6.45) is 0.478. The number of ketones is 1. The van der Waals surface area contributed by atoms with Gasteiger partial charge in [-0.05, 0) is 29.5 Å². The van der Waals surface area contributed by atoms with E-state index >= 15 is 0 Å². The number of hydrogen-bond donors (Lipinski definition) is 4. The average molecular weight is 396 g/mol. The zero-order valence-corrected chi connectivity index (χ0v) is 16.6. The van der Waals surface area contributed by atoms with Crippen molar-refractivity contribution in [1.82, 2.24) is 16.0 Å². The Kier molecular flexibility index (Phi) is 4.44. The van der Waals surface area contributed by atoms with Crippen LogP contribution in [-0.2, 0) is 14.4 Å². The van der Waals surface area contributed by atoms with Crippen LogP contribution in [0.2, 0.25) is 0 Å². The third kappa shape index (κ3) is 3.50. The summed E-state index contributed by atoms with van der Waals surface area (Å²) < 4.78 is 0. The Hall–Kier alpha value is -3.16. The second-order valence-corrected chi connectivity index (χ2v) is 8.72. The number of hydrogen-bond acceptors (Lipinski definition) is 5. The van der Waals surface area contributed by atoms with Crippen molar-refractivity contribution in [3.05, 3.63) is 41.1 Å². The van der Waals surface area contributed by atoms with Crippen molar-refractivity contribution in [3.8, 4) is 0 Å². The number of carbonyl (C=O) groups excluding carboxylic acids is 4. The standard InChI is InChI=1S/C21H24N4O4/c1-10(26)22-12-6-4-11(5-7-12)15-16-13(8-21(2,3)9-14(16)27)23-18-17(15)19(28)25-20(29)24-18/h4-7,15,17-18,23H,8-9H2,1-3H3,(H,22,26)(H2,24,25,28,29). The summed E-state index contributed by atoms with van der Waals surface area (Å²) in [7, 11) is 0. The number of urea groups is 1. The number of nitrogens with one attached hydrogen (secondary N) is 4. The summed E-state index contributed by atoms with van der Waals surface area (Å²) in [5.74, 6) is -1.70. The molecule has 29 heavy (non-hydrogen) atoms. The molecule has 4 N–H and O–H groups in total. The summed E-state index contributed by atoms with van der Waals surface area (Å²) in [6, 6.07) is 6.60. The maximum atomic E-state index is 13.1. The van der Waals surface area contributed by atoms with Crippen molar-refractivity contribution in [1.29, 1.82) is 0 Å². The molecule has 1 aromatic carbocycles. The summed E-state index contributed by atoms with van der Waals surface area (Å²) in [5.41, 5.74) is 2.64. The molecule has 0 spiro atoms.